The van der Waals surface area contributed by atoms with Gasteiger partial charge in [-0.15, -0.1) is 11.3 Å². The van der Waals surface area contributed by atoms with E-state index in [1.807, 2.05) is 37.3 Å². The normalized spacial score (nSPS) is 12.2. The molecule has 3 nitrogen and oxygen atoms in total. The Kier molecular flexibility index (Phi) is 4.65. The summed E-state index contributed by atoms with van der Waals surface area (Å²) in [6.07, 6.45) is 0. The van der Waals surface area contributed by atoms with Gasteiger partial charge in [-0.3, -0.25) is 0 Å². The summed E-state index contributed by atoms with van der Waals surface area (Å²) in [5.74, 6) is -0.899. The van der Waals surface area contributed by atoms with Crippen LogP contribution in [0.3, 0.4) is 0 Å². The second kappa shape index (κ2) is 6.07. The van der Waals surface area contributed by atoms with Gasteiger partial charge in [0.25, 0.3) is 0 Å². The molecule has 2 rings (SSSR count). The molecule has 0 radical (unpaired) electrons. The molecule has 2 N–H and O–H groups in total. The highest BCUT2D eigenvalue weighted by Gasteiger charge is 2.23. The van der Waals surface area contributed by atoms with Crippen molar-refractivity contribution in [3.8, 4) is 0 Å². The first-order valence-electron chi connectivity index (χ1n) is 5.48. The van der Waals surface area contributed by atoms with E-state index >= 15 is 0 Å². The van der Waals surface area contributed by atoms with E-state index in [2.05, 4.69) is 37.2 Å². The van der Waals surface area contributed by atoms with Gasteiger partial charge in [-0.25, -0.2) is 4.79 Å². The number of carboxylic acids is 1. The zero-order valence-electron chi connectivity index (χ0n) is 9.98. The Morgan fingerprint density at radius 1 is 1.32 bits per heavy atom. The molecule has 1 aromatic carbocycles. The number of benzene rings is 1. The number of aryl methyl sites for hydroxylation is 1. The third kappa shape index (κ3) is 3.38. The summed E-state index contributed by atoms with van der Waals surface area (Å²) < 4.78 is 1.78. The number of anilines is 1. The Bertz CT molecular complexity index is 593. The van der Waals surface area contributed by atoms with Crippen LogP contribution in [-0.4, -0.2) is 11.1 Å². The Balaban J connectivity index is 2.32. The Morgan fingerprint density at radius 3 is 2.53 bits per heavy atom. The standard InChI is InChI=1S/C13H11Br2NO2S/c1-7-9(15)6-11(19-7)12(13(17)18)16-10-5-3-2-4-8(10)14/h2-6,12,16H,1H3,(H,17,18). The average molecular weight is 405 g/mol. The van der Waals surface area contributed by atoms with E-state index in [1.165, 1.54) is 11.3 Å². The van der Waals surface area contributed by atoms with E-state index in [4.69, 9.17) is 0 Å². The first kappa shape index (κ1) is 14.6. The van der Waals surface area contributed by atoms with Crippen LogP contribution in [-0.2, 0) is 4.79 Å². The molecule has 1 unspecified atom stereocenters. The molecule has 100 valence electrons. The van der Waals surface area contributed by atoms with Gasteiger partial charge in [0.2, 0.25) is 0 Å². The Morgan fingerprint density at radius 2 is 2.00 bits per heavy atom. The van der Waals surface area contributed by atoms with Gasteiger partial charge in [-0.2, -0.15) is 0 Å². The molecule has 0 aliphatic rings. The van der Waals surface area contributed by atoms with Crippen LogP contribution in [0.25, 0.3) is 0 Å². The van der Waals surface area contributed by atoms with Crippen LogP contribution >= 0.6 is 43.2 Å². The molecular weight excluding hydrogens is 394 g/mol. The summed E-state index contributed by atoms with van der Waals surface area (Å²) in [4.78, 5) is 13.3. The fourth-order valence-electron chi connectivity index (χ4n) is 1.61. The minimum absolute atomic E-state index is 0.756. The highest BCUT2D eigenvalue weighted by atomic mass is 79.9. The van der Waals surface area contributed by atoms with E-state index in [0.717, 1.165) is 24.4 Å². The van der Waals surface area contributed by atoms with Crippen molar-refractivity contribution < 1.29 is 9.90 Å². The molecule has 0 fully saturated rings. The van der Waals surface area contributed by atoms with Gasteiger partial charge in [0.15, 0.2) is 6.04 Å². The fraction of sp³-hybridized carbons (Fsp3) is 0.154. The maximum absolute atomic E-state index is 11.4. The predicted octanol–water partition coefficient (Wildman–Crippen LogP) is 4.82. The van der Waals surface area contributed by atoms with E-state index in [-0.39, 0.29) is 0 Å². The maximum Gasteiger partial charge on any atom is 0.331 e. The minimum Gasteiger partial charge on any atom is -0.479 e. The van der Waals surface area contributed by atoms with Crippen LogP contribution in [0, 0.1) is 6.92 Å². The summed E-state index contributed by atoms with van der Waals surface area (Å²) >= 11 is 8.29. The van der Waals surface area contributed by atoms with E-state index < -0.39 is 12.0 Å². The summed E-state index contributed by atoms with van der Waals surface area (Å²) in [5, 5.41) is 12.4. The molecule has 0 aliphatic carbocycles. The lowest BCUT2D eigenvalue weighted by atomic mass is 10.2. The molecule has 19 heavy (non-hydrogen) atoms. The highest BCUT2D eigenvalue weighted by molar-refractivity contribution is 9.11. The lowest BCUT2D eigenvalue weighted by molar-refractivity contribution is -0.138. The van der Waals surface area contributed by atoms with Gasteiger partial charge >= 0.3 is 5.97 Å². The summed E-state index contributed by atoms with van der Waals surface area (Å²) in [7, 11) is 0. The molecule has 0 saturated heterocycles. The smallest absolute Gasteiger partial charge is 0.331 e. The third-order valence-corrected chi connectivity index (χ3v) is 5.47. The van der Waals surface area contributed by atoms with Gasteiger partial charge in [0.1, 0.15) is 0 Å². The molecule has 1 atom stereocenters. The van der Waals surface area contributed by atoms with Crippen molar-refractivity contribution in [2.24, 2.45) is 0 Å². The number of hydrogen-bond donors (Lipinski definition) is 2. The number of thiophene rings is 1. The number of halogens is 2. The largest absolute Gasteiger partial charge is 0.479 e. The van der Waals surface area contributed by atoms with Gasteiger partial charge < -0.3 is 10.4 Å². The van der Waals surface area contributed by atoms with Crippen LogP contribution < -0.4 is 5.32 Å². The minimum atomic E-state index is -0.899. The molecule has 0 spiro atoms. The molecule has 1 heterocycles. The van der Waals surface area contributed by atoms with E-state index in [9.17, 15) is 9.90 Å². The van der Waals surface area contributed by atoms with Gasteiger partial charge in [0.05, 0.1) is 0 Å². The number of nitrogens with one attached hydrogen (secondary N) is 1. The first-order valence-corrected chi connectivity index (χ1v) is 7.89. The molecule has 0 saturated carbocycles. The molecule has 6 heteroatoms. The zero-order valence-corrected chi connectivity index (χ0v) is 14.0. The number of para-hydroxylation sites is 1. The Hall–Kier alpha value is -0.850. The monoisotopic (exact) mass is 403 g/mol. The second-order valence-corrected chi connectivity index (χ2v) is 6.94. The van der Waals surface area contributed by atoms with Crippen molar-refractivity contribution >= 4 is 54.9 Å². The number of rotatable bonds is 4. The summed E-state index contributed by atoms with van der Waals surface area (Å²) in [6.45, 7) is 1.95. The lowest BCUT2D eigenvalue weighted by Gasteiger charge is -2.15. The molecule has 1 aromatic heterocycles. The third-order valence-electron chi connectivity index (χ3n) is 2.58. The van der Waals surface area contributed by atoms with E-state index in [1.54, 1.807) is 0 Å². The van der Waals surface area contributed by atoms with Crippen molar-refractivity contribution in [1.29, 1.82) is 0 Å². The number of aliphatic carboxylic acids is 1. The molecule has 0 aliphatic heterocycles. The predicted molar refractivity (Wildman–Crippen MR) is 84.9 cm³/mol. The van der Waals surface area contributed by atoms with Crippen molar-refractivity contribution in [3.63, 3.8) is 0 Å². The second-order valence-electron chi connectivity index (χ2n) is 3.95. The van der Waals surface area contributed by atoms with Crippen LogP contribution in [0.1, 0.15) is 15.8 Å². The highest BCUT2D eigenvalue weighted by Crippen LogP contribution is 2.33. The van der Waals surface area contributed by atoms with Crippen molar-refractivity contribution in [1.82, 2.24) is 0 Å². The lowest BCUT2D eigenvalue weighted by Crippen LogP contribution is -2.19. The van der Waals surface area contributed by atoms with Crippen molar-refractivity contribution in [3.05, 3.63) is 49.0 Å². The van der Waals surface area contributed by atoms with Gasteiger partial charge in [0, 0.05) is 24.4 Å². The number of carboxylic acid groups (broad SMARTS) is 1. The van der Waals surface area contributed by atoms with Crippen molar-refractivity contribution in [2.45, 2.75) is 13.0 Å². The van der Waals surface area contributed by atoms with Crippen LogP contribution in [0.5, 0.6) is 0 Å². The first-order chi connectivity index (χ1) is 8.99. The molecular formula is C13H11Br2NO2S. The van der Waals surface area contributed by atoms with Gasteiger partial charge in [-0.1, -0.05) is 12.1 Å². The average Bonchev–Trinajstić information content (AvgIpc) is 2.68. The van der Waals surface area contributed by atoms with Crippen molar-refractivity contribution in [2.75, 3.05) is 5.32 Å². The fourth-order valence-corrected chi connectivity index (χ4v) is 3.62. The molecule has 2 aromatic rings. The van der Waals surface area contributed by atoms with Crippen LogP contribution in [0.15, 0.2) is 39.3 Å². The van der Waals surface area contributed by atoms with Gasteiger partial charge in [-0.05, 0) is 57.0 Å². The number of hydrogen-bond acceptors (Lipinski definition) is 3. The van der Waals surface area contributed by atoms with E-state index in [0.29, 0.717) is 0 Å². The summed E-state index contributed by atoms with van der Waals surface area (Å²) in [5.41, 5.74) is 0.761. The topological polar surface area (TPSA) is 49.3 Å². The Labute approximate surface area is 131 Å². The van der Waals surface area contributed by atoms with Crippen LogP contribution in [0.2, 0.25) is 0 Å². The summed E-state index contributed by atoms with van der Waals surface area (Å²) in [6, 6.07) is 8.56. The maximum atomic E-state index is 11.4. The van der Waals surface area contributed by atoms with Crippen LogP contribution in [0.4, 0.5) is 5.69 Å². The molecule has 0 amide bonds. The quantitative estimate of drug-likeness (QED) is 0.767. The molecule has 0 bridgehead atoms. The number of carbonyl (C=O) groups is 1. The SMILES string of the molecule is Cc1sc(C(Nc2ccccc2Br)C(=O)O)cc1Br. The zero-order chi connectivity index (χ0) is 14.0.